The number of ether oxygens (including phenoxy) is 1. The summed E-state index contributed by atoms with van der Waals surface area (Å²) < 4.78 is 6.79. The van der Waals surface area contributed by atoms with Crippen LogP contribution in [0, 0.1) is 0 Å². The third kappa shape index (κ3) is 2.12. The Morgan fingerprint density at radius 2 is 2.12 bits per heavy atom. The first-order valence-corrected chi connectivity index (χ1v) is 7.41. The predicted molar refractivity (Wildman–Crippen MR) is 75.3 cm³/mol. The SMILES string of the molecule is ClC(c1ccc(Br)s1)C1COc2ccccc21. The largest absolute Gasteiger partial charge is 0.493 e. The fourth-order valence-corrected chi connectivity index (χ4v) is 3.99. The van der Waals surface area contributed by atoms with Gasteiger partial charge in [0.1, 0.15) is 5.75 Å². The van der Waals surface area contributed by atoms with Gasteiger partial charge in [0.2, 0.25) is 0 Å². The number of hydrogen-bond acceptors (Lipinski definition) is 2. The third-order valence-electron chi connectivity index (χ3n) is 2.96. The molecule has 0 amide bonds. The van der Waals surface area contributed by atoms with Crippen molar-refractivity contribution in [1.82, 2.24) is 0 Å². The van der Waals surface area contributed by atoms with Crippen molar-refractivity contribution in [2.45, 2.75) is 11.3 Å². The molecule has 0 saturated heterocycles. The molecule has 0 saturated carbocycles. The Morgan fingerprint density at radius 3 is 2.88 bits per heavy atom. The highest BCUT2D eigenvalue weighted by atomic mass is 79.9. The minimum Gasteiger partial charge on any atom is -0.493 e. The van der Waals surface area contributed by atoms with E-state index in [9.17, 15) is 0 Å². The zero-order valence-corrected chi connectivity index (χ0v) is 12.1. The summed E-state index contributed by atoms with van der Waals surface area (Å²) in [6.45, 7) is 0.670. The van der Waals surface area contributed by atoms with Crippen molar-refractivity contribution in [3.63, 3.8) is 0 Å². The monoisotopic (exact) mass is 328 g/mol. The number of halogens is 2. The average molecular weight is 330 g/mol. The van der Waals surface area contributed by atoms with Crippen molar-refractivity contribution < 1.29 is 4.74 Å². The highest BCUT2D eigenvalue weighted by Crippen LogP contribution is 2.46. The maximum atomic E-state index is 6.56. The molecule has 3 rings (SSSR count). The van der Waals surface area contributed by atoms with Crippen LogP contribution >= 0.6 is 38.9 Å². The highest BCUT2D eigenvalue weighted by Gasteiger charge is 2.31. The molecular weight excluding hydrogens is 320 g/mol. The predicted octanol–water partition coefficient (Wildman–Crippen LogP) is 4.97. The van der Waals surface area contributed by atoms with Crippen LogP contribution in [0.3, 0.4) is 0 Å². The van der Waals surface area contributed by atoms with Gasteiger partial charge in [-0.25, -0.2) is 0 Å². The average Bonchev–Trinajstić information content (AvgIpc) is 2.94. The van der Waals surface area contributed by atoms with E-state index in [2.05, 4.69) is 28.1 Å². The first kappa shape index (κ1) is 11.6. The van der Waals surface area contributed by atoms with Gasteiger partial charge in [0, 0.05) is 16.4 Å². The molecule has 0 spiro atoms. The second-order valence-electron chi connectivity index (χ2n) is 4.00. The maximum absolute atomic E-state index is 6.56. The lowest BCUT2D eigenvalue weighted by Gasteiger charge is -2.14. The Morgan fingerprint density at radius 1 is 1.29 bits per heavy atom. The molecule has 0 aliphatic carbocycles. The minimum atomic E-state index is -0.0186. The van der Waals surface area contributed by atoms with E-state index >= 15 is 0 Å². The van der Waals surface area contributed by atoms with E-state index in [1.165, 1.54) is 10.4 Å². The van der Waals surface area contributed by atoms with Crippen LogP contribution in [-0.4, -0.2) is 6.61 Å². The Balaban J connectivity index is 1.92. The van der Waals surface area contributed by atoms with Gasteiger partial charge in [0.25, 0.3) is 0 Å². The lowest BCUT2D eigenvalue weighted by Crippen LogP contribution is -2.06. The Hall–Kier alpha value is -0.510. The summed E-state index contributed by atoms with van der Waals surface area (Å²) in [6, 6.07) is 12.2. The Kier molecular flexibility index (Phi) is 3.16. The van der Waals surface area contributed by atoms with Gasteiger partial charge in [-0.1, -0.05) is 18.2 Å². The lowest BCUT2D eigenvalue weighted by molar-refractivity contribution is 0.328. The number of hydrogen-bond donors (Lipinski definition) is 0. The van der Waals surface area contributed by atoms with E-state index in [1.54, 1.807) is 11.3 Å². The first-order chi connectivity index (χ1) is 8.25. The summed E-state index contributed by atoms with van der Waals surface area (Å²) in [6.07, 6.45) is 0. The summed E-state index contributed by atoms with van der Waals surface area (Å²) in [5, 5.41) is -0.0186. The molecule has 1 nitrogen and oxygen atoms in total. The molecule has 0 radical (unpaired) electrons. The molecule has 17 heavy (non-hydrogen) atoms. The van der Waals surface area contributed by atoms with Crippen molar-refractivity contribution in [1.29, 1.82) is 0 Å². The van der Waals surface area contributed by atoms with Gasteiger partial charge in [-0.3, -0.25) is 0 Å². The Bertz CT molecular complexity index is 540. The molecule has 2 unspecified atom stereocenters. The second kappa shape index (κ2) is 4.63. The molecule has 2 heterocycles. The third-order valence-corrected chi connectivity index (χ3v) is 5.33. The van der Waals surface area contributed by atoms with Crippen LogP contribution < -0.4 is 4.74 Å². The topological polar surface area (TPSA) is 9.23 Å². The van der Waals surface area contributed by atoms with Crippen molar-refractivity contribution in [3.8, 4) is 5.75 Å². The van der Waals surface area contributed by atoms with Crippen LogP contribution in [0.2, 0.25) is 0 Å². The second-order valence-corrected chi connectivity index (χ2v) is 6.96. The van der Waals surface area contributed by atoms with E-state index in [0.29, 0.717) is 6.61 Å². The molecule has 88 valence electrons. The van der Waals surface area contributed by atoms with Crippen LogP contribution in [0.4, 0.5) is 0 Å². The Labute approximate surface area is 118 Å². The number of fused-ring (bicyclic) bond motifs is 1. The number of alkyl halides is 1. The van der Waals surface area contributed by atoms with Crippen LogP contribution in [0.25, 0.3) is 0 Å². The summed E-state index contributed by atoms with van der Waals surface area (Å²) in [5.41, 5.74) is 1.22. The van der Waals surface area contributed by atoms with E-state index in [4.69, 9.17) is 16.3 Å². The number of benzene rings is 1. The lowest BCUT2D eigenvalue weighted by atomic mass is 9.97. The van der Waals surface area contributed by atoms with Crippen LogP contribution in [0.5, 0.6) is 5.75 Å². The molecular formula is C13H10BrClOS. The molecule has 1 aliphatic rings. The van der Waals surface area contributed by atoms with Gasteiger partial charge in [0.05, 0.1) is 15.8 Å². The first-order valence-electron chi connectivity index (χ1n) is 5.37. The standard InChI is InChI=1S/C13H10BrClOS/c14-12-6-5-11(17-12)13(15)9-7-16-10-4-2-1-3-8(9)10/h1-6,9,13H,7H2. The van der Waals surface area contributed by atoms with Crippen molar-refractivity contribution in [2.24, 2.45) is 0 Å². The van der Waals surface area contributed by atoms with Crippen molar-refractivity contribution in [2.75, 3.05) is 6.61 Å². The molecule has 2 aromatic rings. The van der Waals surface area contributed by atoms with Crippen LogP contribution in [0.1, 0.15) is 21.7 Å². The van der Waals surface area contributed by atoms with E-state index < -0.39 is 0 Å². The van der Waals surface area contributed by atoms with Gasteiger partial charge in [-0.05, 0) is 34.1 Å². The van der Waals surface area contributed by atoms with E-state index in [-0.39, 0.29) is 11.3 Å². The van der Waals surface area contributed by atoms with Crippen LogP contribution in [0.15, 0.2) is 40.2 Å². The van der Waals surface area contributed by atoms with Gasteiger partial charge >= 0.3 is 0 Å². The maximum Gasteiger partial charge on any atom is 0.122 e. The number of para-hydroxylation sites is 1. The number of rotatable bonds is 2. The number of thiophene rings is 1. The molecule has 1 aliphatic heterocycles. The van der Waals surface area contributed by atoms with Gasteiger partial charge in [0.15, 0.2) is 0 Å². The smallest absolute Gasteiger partial charge is 0.122 e. The fraction of sp³-hybridized carbons (Fsp3) is 0.231. The van der Waals surface area contributed by atoms with Crippen molar-refractivity contribution in [3.05, 3.63) is 50.6 Å². The summed E-state index contributed by atoms with van der Waals surface area (Å²) in [5.74, 6) is 1.22. The fourth-order valence-electron chi connectivity index (χ4n) is 2.10. The van der Waals surface area contributed by atoms with Gasteiger partial charge in [-0.2, -0.15) is 0 Å². The van der Waals surface area contributed by atoms with Gasteiger partial charge < -0.3 is 4.74 Å². The minimum absolute atomic E-state index is 0.0186. The summed E-state index contributed by atoms with van der Waals surface area (Å²) >= 11 is 11.7. The summed E-state index contributed by atoms with van der Waals surface area (Å²) in [4.78, 5) is 1.18. The zero-order valence-electron chi connectivity index (χ0n) is 8.90. The summed E-state index contributed by atoms with van der Waals surface area (Å²) in [7, 11) is 0. The van der Waals surface area contributed by atoms with Crippen molar-refractivity contribution >= 4 is 38.9 Å². The van der Waals surface area contributed by atoms with E-state index in [0.717, 1.165) is 9.54 Å². The molecule has 0 N–H and O–H groups in total. The molecule has 1 aromatic carbocycles. The molecule has 0 bridgehead atoms. The van der Waals surface area contributed by atoms with E-state index in [1.807, 2.05) is 24.3 Å². The quantitative estimate of drug-likeness (QED) is 0.707. The van der Waals surface area contributed by atoms with Crippen LogP contribution in [-0.2, 0) is 0 Å². The highest BCUT2D eigenvalue weighted by molar-refractivity contribution is 9.11. The molecule has 1 aromatic heterocycles. The molecule has 2 atom stereocenters. The zero-order chi connectivity index (χ0) is 11.8. The normalized spacial score (nSPS) is 19.8. The molecule has 0 fully saturated rings. The molecule has 4 heteroatoms. The van der Waals surface area contributed by atoms with Gasteiger partial charge in [-0.15, -0.1) is 22.9 Å².